The Balaban J connectivity index is 0. The predicted molar refractivity (Wildman–Crippen MR) is 50.7 cm³/mol. The van der Waals surface area contributed by atoms with Gasteiger partial charge < -0.3 is 9.84 Å². The van der Waals surface area contributed by atoms with Crippen molar-refractivity contribution in [3.63, 3.8) is 0 Å². The average Bonchev–Trinajstić information content (AvgIpc) is 2.20. The van der Waals surface area contributed by atoms with Crippen LogP contribution >= 0.6 is 0 Å². The van der Waals surface area contributed by atoms with Crippen LogP contribution in [0.2, 0.25) is 0 Å². The molecule has 5 heteroatoms. The van der Waals surface area contributed by atoms with Crippen molar-refractivity contribution in [3.8, 4) is 11.8 Å². The van der Waals surface area contributed by atoms with Crippen molar-refractivity contribution in [2.45, 2.75) is 13.8 Å². The van der Waals surface area contributed by atoms with Gasteiger partial charge in [-0.1, -0.05) is 6.92 Å². The molecule has 0 radical (unpaired) electrons. The van der Waals surface area contributed by atoms with E-state index in [9.17, 15) is 0 Å². The minimum atomic E-state index is 0. The van der Waals surface area contributed by atoms with E-state index in [1.807, 2.05) is 13.0 Å². The van der Waals surface area contributed by atoms with Crippen molar-refractivity contribution in [2.24, 2.45) is 0 Å². The van der Waals surface area contributed by atoms with Crippen LogP contribution in [0, 0.1) is 11.3 Å². The molecular formula is C10H13N2NaO2. The summed E-state index contributed by atoms with van der Waals surface area (Å²) in [7, 11) is 0. The summed E-state index contributed by atoms with van der Waals surface area (Å²) >= 11 is 0. The maximum atomic E-state index is 8.93. The van der Waals surface area contributed by atoms with E-state index < -0.39 is 0 Å². The Bertz CT molecular complexity index is 300. The van der Waals surface area contributed by atoms with Crippen LogP contribution in [0.3, 0.4) is 0 Å². The molecule has 1 aromatic heterocycles. The SMILES string of the molecule is CCOc1cnccc1C#N.CC[O-].[Na+]. The Kier molecular flexibility index (Phi) is 12.9. The first-order chi connectivity index (χ1) is 6.79. The third kappa shape index (κ3) is 7.34. The summed E-state index contributed by atoms with van der Waals surface area (Å²) in [5.74, 6) is 0.553. The number of nitrogens with zero attached hydrogens (tertiary/aromatic N) is 2. The predicted octanol–water partition coefficient (Wildman–Crippen LogP) is -2.28. The molecular weight excluding hydrogens is 203 g/mol. The van der Waals surface area contributed by atoms with Gasteiger partial charge in [0.1, 0.15) is 6.07 Å². The number of ether oxygens (including phenoxy) is 1. The number of aromatic nitrogens is 1. The Morgan fingerprint density at radius 3 is 2.60 bits per heavy atom. The molecule has 0 amide bonds. The van der Waals surface area contributed by atoms with E-state index in [1.165, 1.54) is 0 Å². The molecule has 0 bridgehead atoms. The third-order valence-electron chi connectivity index (χ3n) is 1.20. The van der Waals surface area contributed by atoms with Gasteiger partial charge in [0.2, 0.25) is 0 Å². The second-order valence-electron chi connectivity index (χ2n) is 2.21. The van der Waals surface area contributed by atoms with E-state index in [2.05, 4.69) is 4.98 Å². The van der Waals surface area contributed by atoms with Crippen LogP contribution in [0.25, 0.3) is 0 Å². The van der Waals surface area contributed by atoms with Crippen molar-refractivity contribution >= 4 is 0 Å². The molecule has 1 rings (SSSR count). The molecule has 0 aliphatic rings. The molecule has 76 valence electrons. The van der Waals surface area contributed by atoms with E-state index >= 15 is 0 Å². The number of rotatable bonds is 2. The molecule has 4 nitrogen and oxygen atoms in total. The Morgan fingerprint density at radius 1 is 1.53 bits per heavy atom. The second-order valence-corrected chi connectivity index (χ2v) is 2.21. The van der Waals surface area contributed by atoms with E-state index in [0.717, 1.165) is 0 Å². The van der Waals surface area contributed by atoms with Gasteiger partial charge in [0.15, 0.2) is 5.75 Å². The van der Waals surface area contributed by atoms with Crippen LogP contribution in [0.5, 0.6) is 5.75 Å². The number of pyridine rings is 1. The van der Waals surface area contributed by atoms with Gasteiger partial charge in [-0.05, 0) is 13.0 Å². The fourth-order valence-corrected chi connectivity index (χ4v) is 0.743. The zero-order valence-corrected chi connectivity index (χ0v) is 11.4. The maximum absolute atomic E-state index is 8.93. The van der Waals surface area contributed by atoms with E-state index in [0.29, 0.717) is 17.9 Å². The molecule has 0 spiro atoms. The summed E-state index contributed by atoms with van der Waals surface area (Å²) < 4.78 is 5.14. The van der Waals surface area contributed by atoms with E-state index in [-0.39, 0.29) is 36.2 Å². The Hall–Kier alpha value is -0.600. The molecule has 0 fully saturated rings. The fourth-order valence-electron chi connectivity index (χ4n) is 0.743. The molecule has 0 N–H and O–H groups in total. The zero-order valence-electron chi connectivity index (χ0n) is 9.36. The van der Waals surface area contributed by atoms with Crippen LogP contribution in [-0.2, 0) is 0 Å². The van der Waals surface area contributed by atoms with Crippen molar-refractivity contribution in [2.75, 3.05) is 13.2 Å². The molecule has 0 aromatic carbocycles. The van der Waals surface area contributed by atoms with Crippen molar-refractivity contribution in [1.29, 1.82) is 5.26 Å². The quantitative estimate of drug-likeness (QED) is 0.522. The van der Waals surface area contributed by atoms with Gasteiger partial charge in [-0.3, -0.25) is 4.98 Å². The first kappa shape index (κ1) is 16.8. The number of nitriles is 1. The normalized spacial score (nSPS) is 7.60. The first-order valence-corrected chi connectivity index (χ1v) is 4.35. The largest absolute Gasteiger partial charge is 1.00 e. The van der Waals surface area contributed by atoms with Crippen LogP contribution < -0.4 is 39.4 Å². The van der Waals surface area contributed by atoms with Gasteiger partial charge >= 0.3 is 29.6 Å². The van der Waals surface area contributed by atoms with Gasteiger partial charge in [-0.2, -0.15) is 5.26 Å². The second kappa shape index (κ2) is 11.5. The standard InChI is InChI=1S/C8H8N2O.C2H5O.Na/c1-2-11-8-6-10-4-3-7(8)5-9;1-2-3;/h3-4,6H,2H2,1H3;2H2,1H3;/q;-1;+1. The van der Waals surface area contributed by atoms with Gasteiger partial charge in [0.05, 0.1) is 18.4 Å². The van der Waals surface area contributed by atoms with Crippen molar-refractivity contribution in [1.82, 2.24) is 4.98 Å². The molecule has 1 aromatic rings. The molecule has 0 aliphatic heterocycles. The Labute approximate surface area is 112 Å². The maximum Gasteiger partial charge on any atom is 1.00 e. The fraction of sp³-hybridized carbons (Fsp3) is 0.400. The average molecular weight is 216 g/mol. The van der Waals surface area contributed by atoms with Crippen LogP contribution in [0.4, 0.5) is 0 Å². The summed E-state index contributed by atoms with van der Waals surface area (Å²) in [6, 6.07) is 3.65. The molecule has 0 saturated heterocycles. The van der Waals surface area contributed by atoms with Gasteiger partial charge in [-0.25, -0.2) is 0 Å². The van der Waals surface area contributed by atoms with Crippen LogP contribution in [0.15, 0.2) is 18.5 Å². The molecule has 15 heavy (non-hydrogen) atoms. The minimum absolute atomic E-state index is 0. The van der Waals surface area contributed by atoms with Crippen LogP contribution in [0.1, 0.15) is 19.4 Å². The smallest absolute Gasteiger partial charge is 0.855 e. The molecule has 0 saturated carbocycles. The number of hydrogen-bond acceptors (Lipinski definition) is 4. The van der Waals surface area contributed by atoms with Crippen molar-refractivity contribution < 1.29 is 39.4 Å². The van der Waals surface area contributed by atoms with Gasteiger partial charge in [0, 0.05) is 6.20 Å². The summed E-state index contributed by atoms with van der Waals surface area (Å²) in [5, 5.41) is 17.5. The molecule has 0 unspecified atom stereocenters. The van der Waals surface area contributed by atoms with Crippen LogP contribution in [-0.4, -0.2) is 18.2 Å². The van der Waals surface area contributed by atoms with Gasteiger partial charge in [-0.15, -0.1) is 6.61 Å². The minimum Gasteiger partial charge on any atom is -0.855 e. The summed E-state index contributed by atoms with van der Waals surface area (Å²) in [6.07, 6.45) is 3.11. The summed E-state index contributed by atoms with van der Waals surface area (Å²) in [5.41, 5.74) is 0.529. The van der Waals surface area contributed by atoms with Gasteiger partial charge in [0.25, 0.3) is 0 Å². The summed E-state index contributed by atoms with van der Waals surface area (Å²) in [6.45, 7) is 3.99. The summed E-state index contributed by atoms with van der Waals surface area (Å²) in [4.78, 5) is 3.84. The third-order valence-corrected chi connectivity index (χ3v) is 1.20. The van der Waals surface area contributed by atoms with E-state index in [4.69, 9.17) is 15.1 Å². The van der Waals surface area contributed by atoms with Crippen molar-refractivity contribution in [3.05, 3.63) is 24.0 Å². The molecule has 1 heterocycles. The Morgan fingerprint density at radius 2 is 2.13 bits per heavy atom. The topological polar surface area (TPSA) is 69.0 Å². The number of hydrogen-bond donors (Lipinski definition) is 0. The monoisotopic (exact) mass is 216 g/mol. The molecule has 0 atom stereocenters. The van der Waals surface area contributed by atoms with E-state index in [1.54, 1.807) is 25.4 Å². The first-order valence-electron chi connectivity index (χ1n) is 4.35. The zero-order chi connectivity index (χ0) is 10.8. The molecule has 0 aliphatic carbocycles.